The second-order valence-electron chi connectivity index (χ2n) is 13.9. The predicted molar refractivity (Wildman–Crippen MR) is 216 cm³/mol. The number of methoxy groups -OCH3 is 2. The minimum absolute atomic E-state index is 0.0116. The van der Waals surface area contributed by atoms with Gasteiger partial charge in [0.05, 0.1) is 69.1 Å². The number of hydrogen-bond acceptors (Lipinski definition) is 13. The first kappa shape index (κ1) is 43.0. The van der Waals surface area contributed by atoms with E-state index in [0.29, 0.717) is 47.5 Å². The number of carbonyl (C=O) groups excluding carboxylic acids is 5. The number of nitrogens with one attached hydrogen (secondary N) is 3. The van der Waals surface area contributed by atoms with E-state index in [9.17, 15) is 28.8 Å². The lowest BCUT2D eigenvalue weighted by Gasteiger charge is -2.22. The zero-order valence-electron chi connectivity index (χ0n) is 33.5. The standard InChI is InChI=1S/C41H49N7O10/c1-25(10-11-36(50)44-24-49)48-40(53)27-8-7-9-32(38(27)41(48)54)42-13-15-58-17-16-57-14-12-37(51)45-35-20-28-29(21-43-35)39(52)47(4)23-30(28)26-18-33(55-5)31(22-46(2)3)34(19-26)56-6/h7-9,18-21,23-25,42H,10-17,22H2,1-6H3,(H,43,45,51)(H,44,49,50). The first-order chi connectivity index (χ1) is 27.9. The van der Waals surface area contributed by atoms with E-state index < -0.39 is 23.8 Å². The van der Waals surface area contributed by atoms with Crippen LogP contribution in [0.2, 0.25) is 0 Å². The molecule has 0 saturated heterocycles. The van der Waals surface area contributed by atoms with Crippen LogP contribution in [0.15, 0.2) is 53.6 Å². The summed E-state index contributed by atoms with van der Waals surface area (Å²) < 4.78 is 24.2. The van der Waals surface area contributed by atoms with Gasteiger partial charge in [-0.15, -0.1) is 0 Å². The molecule has 0 bridgehead atoms. The molecule has 2 aromatic carbocycles. The van der Waals surface area contributed by atoms with Gasteiger partial charge in [0, 0.05) is 61.6 Å². The van der Waals surface area contributed by atoms with Gasteiger partial charge in [-0.25, -0.2) is 4.98 Å². The number of imide groups is 2. The van der Waals surface area contributed by atoms with Crippen molar-refractivity contribution in [2.24, 2.45) is 7.05 Å². The van der Waals surface area contributed by atoms with Gasteiger partial charge in [-0.1, -0.05) is 6.07 Å². The van der Waals surface area contributed by atoms with Crippen molar-refractivity contribution in [3.8, 4) is 22.6 Å². The Labute approximate surface area is 335 Å². The lowest BCUT2D eigenvalue weighted by atomic mass is 9.98. The quantitative estimate of drug-likeness (QED) is 0.0632. The number of anilines is 2. The van der Waals surface area contributed by atoms with E-state index in [0.717, 1.165) is 21.6 Å². The second kappa shape index (κ2) is 19.8. The van der Waals surface area contributed by atoms with E-state index in [2.05, 4.69) is 20.9 Å². The zero-order chi connectivity index (χ0) is 41.9. The molecule has 0 aliphatic carbocycles. The van der Waals surface area contributed by atoms with Crippen molar-refractivity contribution in [2.75, 3.05) is 71.9 Å². The lowest BCUT2D eigenvalue weighted by molar-refractivity contribution is -0.125. The second-order valence-corrected chi connectivity index (χ2v) is 13.9. The third kappa shape index (κ3) is 10.0. The number of amides is 5. The Morgan fingerprint density at radius 1 is 0.897 bits per heavy atom. The molecular formula is C41H49N7O10. The van der Waals surface area contributed by atoms with Gasteiger partial charge < -0.3 is 39.0 Å². The molecule has 1 unspecified atom stereocenters. The molecule has 17 heteroatoms. The predicted octanol–water partition coefficient (Wildman–Crippen LogP) is 3.19. The van der Waals surface area contributed by atoms with Gasteiger partial charge in [0.25, 0.3) is 17.4 Å². The number of fused-ring (bicyclic) bond motifs is 2. The van der Waals surface area contributed by atoms with Crippen molar-refractivity contribution in [3.63, 3.8) is 0 Å². The van der Waals surface area contributed by atoms with Crippen LogP contribution in [0, 0.1) is 0 Å². The largest absolute Gasteiger partial charge is 0.496 e. The molecule has 3 N–H and O–H groups in total. The number of carbonyl (C=O) groups is 5. The van der Waals surface area contributed by atoms with Gasteiger partial charge in [0.15, 0.2) is 0 Å². The van der Waals surface area contributed by atoms with Gasteiger partial charge in [-0.3, -0.25) is 39.0 Å². The van der Waals surface area contributed by atoms with Crippen LogP contribution in [-0.4, -0.2) is 117 Å². The minimum atomic E-state index is -0.550. The average Bonchev–Trinajstić information content (AvgIpc) is 3.46. The number of aromatic nitrogens is 2. The number of rotatable bonds is 21. The summed E-state index contributed by atoms with van der Waals surface area (Å²) >= 11 is 0. The Hall–Kier alpha value is -6.17. The molecule has 308 valence electrons. The molecule has 1 aliphatic heterocycles. The Balaban J connectivity index is 1.09. The minimum Gasteiger partial charge on any atom is -0.496 e. The van der Waals surface area contributed by atoms with Crippen LogP contribution in [0.4, 0.5) is 11.5 Å². The SMILES string of the molecule is COc1cc(-c2cn(C)c(=O)c3cnc(NC(=O)CCOCCOCCNc4cccc5c4C(=O)N(C(C)CCC(=O)NC=O)C5=O)cc23)cc(OC)c1CN(C)C. The van der Waals surface area contributed by atoms with Gasteiger partial charge in [-0.05, 0) is 63.3 Å². The number of nitrogens with zero attached hydrogens (tertiary/aromatic N) is 4. The smallest absolute Gasteiger partial charge is 0.263 e. The molecule has 0 radical (unpaired) electrons. The van der Waals surface area contributed by atoms with E-state index in [1.165, 1.54) is 10.8 Å². The summed E-state index contributed by atoms with van der Waals surface area (Å²) in [6, 6.07) is 9.90. The molecular weight excluding hydrogens is 750 g/mol. The van der Waals surface area contributed by atoms with Crippen molar-refractivity contribution in [1.82, 2.24) is 24.7 Å². The highest BCUT2D eigenvalue weighted by molar-refractivity contribution is 6.24. The Bertz CT molecular complexity index is 2210. The summed E-state index contributed by atoms with van der Waals surface area (Å²) in [6.07, 6.45) is 3.74. The Morgan fingerprint density at radius 2 is 1.60 bits per heavy atom. The number of benzene rings is 2. The summed E-state index contributed by atoms with van der Waals surface area (Å²) in [5, 5.41) is 8.99. The third-order valence-electron chi connectivity index (χ3n) is 9.53. The molecule has 0 fully saturated rings. The van der Waals surface area contributed by atoms with Gasteiger partial charge in [0.2, 0.25) is 18.2 Å². The zero-order valence-corrected chi connectivity index (χ0v) is 33.5. The molecule has 17 nitrogen and oxygen atoms in total. The molecule has 5 amide bonds. The van der Waals surface area contributed by atoms with Crippen LogP contribution in [0.1, 0.15) is 52.5 Å². The number of ether oxygens (including phenoxy) is 4. The highest BCUT2D eigenvalue weighted by atomic mass is 16.5. The Kier molecular flexibility index (Phi) is 14.7. The van der Waals surface area contributed by atoms with Crippen molar-refractivity contribution in [2.45, 2.75) is 38.8 Å². The van der Waals surface area contributed by atoms with Crippen molar-refractivity contribution in [1.29, 1.82) is 0 Å². The lowest BCUT2D eigenvalue weighted by Crippen LogP contribution is -2.38. The maximum atomic E-state index is 13.2. The highest BCUT2D eigenvalue weighted by Crippen LogP contribution is 2.38. The normalized spacial score (nSPS) is 12.8. The van der Waals surface area contributed by atoms with Crippen LogP contribution < -0.4 is 31.0 Å². The summed E-state index contributed by atoms with van der Waals surface area (Å²) in [6.45, 7) is 3.52. The van der Waals surface area contributed by atoms with Crippen molar-refractivity contribution >= 4 is 52.3 Å². The highest BCUT2D eigenvalue weighted by Gasteiger charge is 2.40. The van der Waals surface area contributed by atoms with Crippen LogP contribution in [0.3, 0.4) is 0 Å². The fraction of sp³-hybridized carbons (Fsp3) is 0.390. The number of pyridine rings is 2. The van der Waals surface area contributed by atoms with E-state index in [4.69, 9.17) is 18.9 Å². The summed E-state index contributed by atoms with van der Waals surface area (Å²) in [4.78, 5) is 81.9. The first-order valence-corrected chi connectivity index (χ1v) is 18.7. The maximum absolute atomic E-state index is 13.2. The fourth-order valence-corrected chi connectivity index (χ4v) is 6.68. The maximum Gasteiger partial charge on any atom is 0.263 e. The summed E-state index contributed by atoms with van der Waals surface area (Å²) in [7, 11) is 8.78. The monoisotopic (exact) mass is 799 g/mol. The molecule has 4 aromatic rings. The first-order valence-electron chi connectivity index (χ1n) is 18.7. The van der Waals surface area contributed by atoms with Crippen LogP contribution in [0.5, 0.6) is 11.5 Å². The summed E-state index contributed by atoms with van der Waals surface area (Å²) in [5.74, 6) is -0.149. The van der Waals surface area contributed by atoms with Crippen molar-refractivity contribution < 1.29 is 42.9 Å². The van der Waals surface area contributed by atoms with Crippen LogP contribution in [0.25, 0.3) is 21.9 Å². The van der Waals surface area contributed by atoms with Gasteiger partial charge in [-0.2, -0.15) is 0 Å². The molecule has 5 rings (SSSR count). The Morgan fingerprint density at radius 3 is 2.28 bits per heavy atom. The van der Waals surface area contributed by atoms with E-state index in [-0.39, 0.29) is 74.1 Å². The fourth-order valence-electron chi connectivity index (χ4n) is 6.68. The molecule has 58 heavy (non-hydrogen) atoms. The van der Waals surface area contributed by atoms with E-state index >= 15 is 0 Å². The average molecular weight is 800 g/mol. The summed E-state index contributed by atoms with van der Waals surface area (Å²) in [5.41, 5.74) is 3.16. The van der Waals surface area contributed by atoms with Crippen LogP contribution in [-0.2, 0) is 37.4 Å². The van der Waals surface area contributed by atoms with Crippen molar-refractivity contribution in [3.05, 3.63) is 75.8 Å². The number of aryl methyl sites for hydroxylation is 1. The van der Waals surface area contributed by atoms with Gasteiger partial charge in [0.1, 0.15) is 17.3 Å². The molecule has 0 spiro atoms. The topological polar surface area (TPSA) is 200 Å². The molecule has 1 aliphatic rings. The van der Waals surface area contributed by atoms with E-state index in [1.54, 1.807) is 58.7 Å². The molecule has 1 atom stereocenters. The third-order valence-corrected chi connectivity index (χ3v) is 9.53. The van der Waals surface area contributed by atoms with Crippen LogP contribution >= 0.6 is 0 Å². The number of hydrogen-bond donors (Lipinski definition) is 3. The molecule has 3 heterocycles. The molecule has 0 saturated carbocycles. The van der Waals surface area contributed by atoms with E-state index in [1.807, 2.05) is 31.1 Å². The van der Waals surface area contributed by atoms with Gasteiger partial charge >= 0.3 is 0 Å². The molecule has 2 aromatic heterocycles.